The van der Waals surface area contributed by atoms with Crippen molar-refractivity contribution in [3.8, 4) is 5.75 Å². The summed E-state index contributed by atoms with van der Waals surface area (Å²) in [6.45, 7) is 2.12. The fourth-order valence-electron chi connectivity index (χ4n) is 2.50. The zero-order valence-corrected chi connectivity index (χ0v) is 12.8. The van der Waals surface area contributed by atoms with Gasteiger partial charge in [-0.05, 0) is 49.4 Å². The molecule has 0 radical (unpaired) electrons. The summed E-state index contributed by atoms with van der Waals surface area (Å²) in [5, 5.41) is 0. The van der Waals surface area contributed by atoms with E-state index in [9.17, 15) is 0 Å². The Hall–Kier alpha value is -1.84. The summed E-state index contributed by atoms with van der Waals surface area (Å²) in [6.07, 6.45) is 2.97. The van der Waals surface area contributed by atoms with Crippen LogP contribution in [-0.4, -0.2) is 13.2 Å². The standard InChI is InChI=1S/C18H24N2O/c1-14-4-3-5-16(12-14)13-17(20-19)9-6-15-7-10-18(21-2)11-8-15/h3-5,7-8,10-12,17,20H,6,9,13,19H2,1-2H3. The maximum atomic E-state index is 5.70. The first-order chi connectivity index (χ1) is 10.2. The Morgan fingerprint density at radius 3 is 2.48 bits per heavy atom. The second-order valence-electron chi connectivity index (χ2n) is 5.44. The van der Waals surface area contributed by atoms with Crippen LogP contribution in [0.4, 0.5) is 0 Å². The van der Waals surface area contributed by atoms with Gasteiger partial charge >= 0.3 is 0 Å². The lowest BCUT2D eigenvalue weighted by Crippen LogP contribution is -2.37. The molecule has 0 aliphatic rings. The predicted molar refractivity (Wildman–Crippen MR) is 87.3 cm³/mol. The molecular formula is C18H24N2O. The minimum atomic E-state index is 0.286. The van der Waals surface area contributed by atoms with Crippen molar-refractivity contribution in [2.45, 2.75) is 32.2 Å². The maximum absolute atomic E-state index is 5.70. The predicted octanol–water partition coefficient (Wildman–Crippen LogP) is 3.01. The molecule has 0 aromatic heterocycles. The molecule has 1 atom stereocenters. The number of rotatable bonds is 7. The average molecular weight is 284 g/mol. The average Bonchev–Trinajstić information content (AvgIpc) is 2.52. The molecular weight excluding hydrogens is 260 g/mol. The first kappa shape index (κ1) is 15.5. The van der Waals surface area contributed by atoms with E-state index in [0.29, 0.717) is 0 Å². The second kappa shape index (κ2) is 7.81. The van der Waals surface area contributed by atoms with Gasteiger partial charge in [0.05, 0.1) is 7.11 Å². The molecule has 112 valence electrons. The summed E-state index contributed by atoms with van der Waals surface area (Å²) in [7, 11) is 1.69. The minimum absolute atomic E-state index is 0.286. The zero-order valence-electron chi connectivity index (χ0n) is 12.8. The van der Waals surface area contributed by atoms with Crippen LogP contribution in [0, 0.1) is 6.92 Å². The van der Waals surface area contributed by atoms with Crippen LogP contribution in [0.1, 0.15) is 23.1 Å². The zero-order chi connectivity index (χ0) is 15.1. The summed E-state index contributed by atoms with van der Waals surface area (Å²) in [4.78, 5) is 0. The van der Waals surface area contributed by atoms with Crippen molar-refractivity contribution in [3.63, 3.8) is 0 Å². The van der Waals surface area contributed by atoms with Crippen LogP contribution in [0.3, 0.4) is 0 Å². The van der Waals surface area contributed by atoms with Gasteiger partial charge in [0, 0.05) is 6.04 Å². The Kier molecular flexibility index (Phi) is 5.78. The number of benzene rings is 2. The summed E-state index contributed by atoms with van der Waals surface area (Å²) in [5.74, 6) is 6.59. The molecule has 2 aromatic rings. The highest BCUT2D eigenvalue weighted by Gasteiger charge is 2.08. The quantitative estimate of drug-likeness (QED) is 0.607. The lowest BCUT2D eigenvalue weighted by atomic mass is 9.98. The van der Waals surface area contributed by atoms with Gasteiger partial charge in [0.25, 0.3) is 0 Å². The van der Waals surface area contributed by atoms with Gasteiger partial charge in [-0.3, -0.25) is 11.3 Å². The minimum Gasteiger partial charge on any atom is -0.497 e. The fourth-order valence-corrected chi connectivity index (χ4v) is 2.50. The monoisotopic (exact) mass is 284 g/mol. The first-order valence-corrected chi connectivity index (χ1v) is 7.36. The molecule has 3 heteroatoms. The smallest absolute Gasteiger partial charge is 0.118 e. The van der Waals surface area contributed by atoms with E-state index < -0.39 is 0 Å². The number of hydrogen-bond acceptors (Lipinski definition) is 3. The largest absolute Gasteiger partial charge is 0.497 e. The van der Waals surface area contributed by atoms with Crippen molar-refractivity contribution in [3.05, 3.63) is 65.2 Å². The highest BCUT2D eigenvalue weighted by molar-refractivity contribution is 5.27. The van der Waals surface area contributed by atoms with Gasteiger partial charge in [-0.2, -0.15) is 0 Å². The summed E-state index contributed by atoms with van der Waals surface area (Å²) in [5.41, 5.74) is 6.86. The third-order valence-electron chi connectivity index (χ3n) is 3.74. The Morgan fingerprint density at radius 2 is 1.86 bits per heavy atom. The van der Waals surface area contributed by atoms with Crippen LogP contribution >= 0.6 is 0 Å². The number of aryl methyl sites for hydroxylation is 2. The van der Waals surface area contributed by atoms with Crippen LogP contribution in [0.5, 0.6) is 5.75 Å². The lowest BCUT2D eigenvalue weighted by molar-refractivity contribution is 0.414. The van der Waals surface area contributed by atoms with E-state index in [1.54, 1.807) is 7.11 Å². The first-order valence-electron chi connectivity index (χ1n) is 7.36. The van der Waals surface area contributed by atoms with Gasteiger partial charge < -0.3 is 4.74 Å². The van der Waals surface area contributed by atoms with Crippen molar-refractivity contribution < 1.29 is 4.74 Å². The molecule has 0 amide bonds. The van der Waals surface area contributed by atoms with Crippen LogP contribution in [0.15, 0.2) is 48.5 Å². The van der Waals surface area contributed by atoms with E-state index in [0.717, 1.165) is 25.0 Å². The summed E-state index contributed by atoms with van der Waals surface area (Å²) in [6, 6.07) is 17.1. The number of hydrogen-bond donors (Lipinski definition) is 2. The highest BCUT2D eigenvalue weighted by Crippen LogP contribution is 2.15. The Balaban J connectivity index is 1.89. The van der Waals surface area contributed by atoms with Crippen molar-refractivity contribution in [2.24, 2.45) is 5.84 Å². The van der Waals surface area contributed by atoms with Crippen molar-refractivity contribution in [2.75, 3.05) is 7.11 Å². The number of methoxy groups -OCH3 is 1. The Labute approximate surface area is 127 Å². The van der Waals surface area contributed by atoms with E-state index in [2.05, 4.69) is 48.7 Å². The SMILES string of the molecule is COc1ccc(CCC(Cc2cccc(C)c2)NN)cc1. The van der Waals surface area contributed by atoms with Crippen molar-refractivity contribution >= 4 is 0 Å². The molecule has 1 unspecified atom stereocenters. The van der Waals surface area contributed by atoms with Crippen LogP contribution in [0.2, 0.25) is 0 Å². The van der Waals surface area contributed by atoms with Gasteiger partial charge in [-0.25, -0.2) is 0 Å². The van der Waals surface area contributed by atoms with E-state index in [4.69, 9.17) is 10.6 Å². The Morgan fingerprint density at radius 1 is 1.10 bits per heavy atom. The van der Waals surface area contributed by atoms with Gasteiger partial charge in [0.1, 0.15) is 5.75 Å². The molecule has 0 aliphatic carbocycles. The van der Waals surface area contributed by atoms with Crippen LogP contribution < -0.4 is 16.0 Å². The van der Waals surface area contributed by atoms with E-state index in [1.807, 2.05) is 12.1 Å². The Bertz CT molecular complexity index is 551. The third-order valence-corrected chi connectivity index (χ3v) is 3.74. The molecule has 0 bridgehead atoms. The fraction of sp³-hybridized carbons (Fsp3) is 0.333. The van der Waals surface area contributed by atoms with Crippen LogP contribution in [0.25, 0.3) is 0 Å². The normalized spacial score (nSPS) is 12.1. The molecule has 21 heavy (non-hydrogen) atoms. The van der Waals surface area contributed by atoms with Gasteiger partial charge in [0.15, 0.2) is 0 Å². The molecule has 0 fully saturated rings. The molecule has 2 aromatic carbocycles. The molecule has 0 heterocycles. The number of ether oxygens (including phenoxy) is 1. The number of nitrogens with two attached hydrogens (primary N) is 1. The van der Waals surface area contributed by atoms with Crippen molar-refractivity contribution in [1.29, 1.82) is 0 Å². The van der Waals surface area contributed by atoms with Crippen molar-refractivity contribution in [1.82, 2.24) is 5.43 Å². The van der Waals surface area contributed by atoms with Crippen LogP contribution in [-0.2, 0) is 12.8 Å². The lowest BCUT2D eigenvalue weighted by Gasteiger charge is -2.16. The van der Waals surface area contributed by atoms with E-state index >= 15 is 0 Å². The molecule has 0 spiro atoms. The molecule has 0 aliphatic heterocycles. The third kappa shape index (κ3) is 4.88. The molecule has 3 nitrogen and oxygen atoms in total. The maximum Gasteiger partial charge on any atom is 0.118 e. The van der Waals surface area contributed by atoms with Gasteiger partial charge in [0.2, 0.25) is 0 Å². The van der Waals surface area contributed by atoms with Gasteiger partial charge in [-0.15, -0.1) is 0 Å². The second-order valence-corrected chi connectivity index (χ2v) is 5.44. The number of nitrogens with one attached hydrogen (secondary N) is 1. The molecule has 3 N–H and O–H groups in total. The van der Waals surface area contributed by atoms with E-state index in [-0.39, 0.29) is 6.04 Å². The van der Waals surface area contributed by atoms with E-state index in [1.165, 1.54) is 16.7 Å². The number of hydrazine groups is 1. The van der Waals surface area contributed by atoms with Gasteiger partial charge in [-0.1, -0.05) is 42.0 Å². The molecule has 0 saturated carbocycles. The summed E-state index contributed by atoms with van der Waals surface area (Å²) >= 11 is 0. The summed E-state index contributed by atoms with van der Waals surface area (Å²) < 4.78 is 5.17. The topological polar surface area (TPSA) is 47.3 Å². The molecule has 0 saturated heterocycles. The highest BCUT2D eigenvalue weighted by atomic mass is 16.5. The molecule has 2 rings (SSSR count).